The molecule has 0 spiro atoms. The first-order valence-electron chi connectivity index (χ1n) is 5.99. The SMILES string of the molecule is COC(=O)c1ccc(C)c(NCCC(C)(C)O)c1. The summed E-state index contributed by atoms with van der Waals surface area (Å²) < 4.78 is 4.68. The van der Waals surface area contributed by atoms with Crippen molar-refractivity contribution in [2.24, 2.45) is 0 Å². The van der Waals surface area contributed by atoms with Gasteiger partial charge in [0.1, 0.15) is 0 Å². The van der Waals surface area contributed by atoms with Crippen LogP contribution in [0.15, 0.2) is 18.2 Å². The number of methoxy groups -OCH3 is 1. The molecule has 0 aliphatic carbocycles. The first-order chi connectivity index (χ1) is 8.33. The lowest BCUT2D eigenvalue weighted by Crippen LogP contribution is -2.22. The standard InChI is InChI=1S/C14H21NO3/c1-10-5-6-11(13(16)18-4)9-12(10)15-8-7-14(2,3)17/h5-6,9,15,17H,7-8H2,1-4H3. The van der Waals surface area contributed by atoms with E-state index in [1.807, 2.05) is 13.0 Å². The van der Waals surface area contributed by atoms with Gasteiger partial charge < -0.3 is 15.2 Å². The van der Waals surface area contributed by atoms with Crippen molar-refractivity contribution in [2.45, 2.75) is 32.8 Å². The molecule has 0 saturated heterocycles. The van der Waals surface area contributed by atoms with E-state index in [1.54, 1.807) is 26.0 Å². The molecule has 0 saturated carbocycles. The lowest BCUT2D eigenvalue weighted by molar-refractivity contribution is 0.0600. The fourth-order valence-electron chi connectivity index (χ4n) is 1.56. The number of hydrogen-bond acceptors (Lipinski definition) is 4. The number of aryl methyl sites for hydroxylation is 1. The van der Waals surface area contributed by atoms with Gasteiger partial charge in [-0.15, -0.1) is 0 Å². The van der Waals surface area contributed by atoms with Crippen LogP contribution in [0.3, 0.4) is 0 Å². The Kier molecular flexibility index (Phi) is 4.73. The molecule has 4 nitrogen and oxygen atoms in total. The predicted molar refractivity (Wildman–Crippen MR) is 71.9 cm³/mol. The van der Waals surface area contributed by atoms with Gasteiger partial charge >= 0.3 is 5.97 Å². The van der Waals surface area contributed by atoms with Crippen LogP contribution < -0.4 is 5.32 Å². The van der Waals surface area contributed by atoms with E-state index in [1.165, 1.54) is 7.11 Å². The minimum absolute atomic E-state index is 0.347. The number of esters is 1. The summed E-state index contributed by atoms with van der Waals surface area (Å²) in [6.07, 6.45) is 0.634. The highest BCUT2D eigenvalue weighted by Crippen LogP contribution is 2.18. The van der Waals surface area contributed by atoms with Crippen molar-refractivity contribution in [1.29, 1.82) is 0 Å². The largest absolute Gasteiger partial charge is 0.465 e. The molecule has 0 amide bonds. The second kappa shape index (κ2) is 5.87. The van der Waals surface area contributed by atoms with Gasteiger partial charge in [-0.3, -0.25) is 0 Å². The molecule has 0 unspecified atom stereocenters. The maximum absolute atomic E-state index is 11.4. The third kappa shape index (κ3) is 4.37. The van der Waals surface area contributed by atoms with Crippen LogP contribution in [0, 0.1) is 6.92 Å². The third-order valence-corrected chi connectivity index (χ3v) is 2.71. The normalized spacial score (nSPS) is 11.2. The maximum atomic E-state index is 11.4. The van der Waals surface area contributed by atoms with Crippen molar-refractivity contribution in [1.82, 2.24) is 0 Å². The van der Waals surface area contributed by atoms with Gasteiger partial charge in [0.2, 0.25) is 0 Å². The first kappa shape index (κ1) is 14.5. The lowest BCUT2D eigenvalue weighted by Gasteiger charge is -2.18. The van der Waals surface area contributed by atoms with E-state index in [0.29, 0.717) is 18.5 Å². The molecule has 0 aromatic heterocycles. The Morgan fingerprint density at radius 2 is 2.11 bits per heavy atom. The van der Waals surface area contributed by atoms with Crippen LogP contribution in [0.25, 0.3) is 0 Å². The molecule has 0 aliphatic heterocycles. The van der Waals surface area contributed by atoms with Crippen LogP contribution in [0.5, 0.6) is 0 Å². The van der Waals surface area contributed by atoms with Gasteiger partial charge in [-0.2, -0.15) is 0 Å². The van der Waals surface area contributed by atoms with Gasteiger partial charge in [0.25, 0.3) is 0 Å². The summed E-state index contributed by atoms with van der Waals surface area (Å²) in [5, 5.41) is 12.9. The topological polar surface area (TPSA) is 58.6 Å². The molecule has 1 aromatic carbocycles. The smallest absolute Gasteiger partial charge is 0.337 e. The molecule has 0 heterocycles. The summed E-state index contributed by atoms with van der Waals surface area (Å²) in [6, 6.07) is 5.38. The van der Waals surface area contributed by atoms with Gasteiger partial charge in [-0.25, -0.2) is 4.79 Å². The second-order valence-electron chi connectivity index (χ2n) is 5.01. The van der Waals surface area contributed by atoms with Crippen LogP contribution in [0.2, 0.25) is 0 Å². The van der Waals surface area contributed by atoms with Crippen molar-refractivity contribution in [3.05, 3.63) is 29.3 Å². The van der Waals surface area contributed by atoms with E-state index in [0.717, 1.165) is 11.3 Å². The van der Waals surface area contributed by atoms with Crippen LogP contribution in [-0.4, -0.2) is 30.3 Å². The molecule has 0 bridgehead atoms. The van der Waals surface area contributed by atoms with Crippen LogP contribution in [0.4, 0.5) is 5.69 Å². The molecule has 0 aliphatic rings. The average Bonchev–Trinajstić information content (AvgIpc) is 2.29. The Labute approximate surface area is 108 Å². The Morgan fingerprint density at radius 3 is 2.67 bits per heavy atom. The molecular formula is C14H21NO3. The third-order valence-electron chi connectivity index (χ3n) is 2.71. The van der Waals surface area contributed by atoms with E-state index < -0.39 is 5.60 Å². The number of benzene rings is 1. The highest BCUT2D eigenvalue weighted by Gasteiger charge is 2.12. The number of hydrogen-bond donors (Lipinski definition) is 2. The molecule has 1 rings (SSSR count). The zero-order valence-corrected chi connectivity index (χ0v) is 11.4. The molecule has 1 aromatic rings. The number of anilines is 1. The summed E-state index contributed by atoms with van der Waals surface area (Å²) in [5.41, 5.74) is 1.77. The Morgan fingerprint density at radius 1 is 1.44 bits per heavy atom. The molecule has 4 heteroatoms. The number of carbonyl (C=O) groups excluding carboxylic acids is 1. The second-order valence-corrected chi connectivity index (χ2v) is 5.01. The maximum Gasteiger partial charge on any atom is 0.337 e. The number of ether oxygens (including phenoxy) is 1. The van der Waals surface area contributed by atoms with Gasteiger partial charge in [0, 0.05) is 12.2 Å². The molecule has 100 valence electrons. The van der Waals surface area contributed by atoms with Crippen molar-refractivity contribution in [3.63, 3.8) is 0 Å². The van der Waals surface area contributed by atoms with Crippen LogP contribution in [-0.2, 0) is 4.74 Å². The van der Waals surface area contributed by atoms with Gasteiger partial charge in [0.05, 0.1) is 18.3 Å². The highest BCUT2D eigenvalue weighted by molar-refractivity contribution is 5.90. The van der Waals surface area contributed by atoms with E-state index >= 15 is 0 Å². The molecule has 0 radical (unpaired) electrons. The summed E-state index contributed by atoms with van der Waals surface area (Å²) in [7, 11) is 1.36. The number of rotatable bonds is 5. The van der Waals surface area contributed by atoms with Gasteiger partial charge in [-0.05, 0) is 44.9 Å². The zero-order chi connectivity index (χ0) is 13.8. The predicted octanol–water partition coefficient (Wildman–Crippen LogP) is 2.35. The van der Waals surface area contributed by atoms with Crippen molar-refractivity contribution in [3.8, 4) is 0 Å². The fourth-order valence-corrected chi connectivity index (χ4v) is 1.56. The van der Waals surface area contributed by atoms with Crippen molar-refractivity contribution in [2.75, 3.05) is 19.0 Å². The van der Waals surface area contributed by atoms with Gasteiger partial charge in [0.15, 0.2) is 0 Å². The Balaban J connectivity index is 2.73. The minimum atomic E-state index is -0.694. The van der Waals surface area contributed by atoms with E-state index in [4.69, 9.17) is 0 Å². The van der Waals surface area contributed by atoms with Crippen molar-refractivity contribution >= 4 is 11.7 Å². The summed E-state index contributed by atoms with van der Waals surface area (Å²) >= 11 is 0. The Bertz CT molecular complexity index is 422. The van der Waals surface area contributed by atoms with Crippen LogP contribution >= 0.6 is 0 Å². The molecule has 18 heavy (non-hydrogen) atoms. The number of carbonyl (C=O) groups is 1. The molecular weight excluding hydrogens is 230 g/mol. The minimum Gasteiger partial charge on any atom is -0.465 e. The fraction of sp³-hybridized carbons (Fsp3) is 0.500. The summed E-state index contributed by atoms with van der Waals surface area (Å²) in [5.74, 6) is -0.347. The first-order valence-corrected chi connectivity index (χ1v) is 5.99. The lowest BCUT2D eigenvalue weighted by atomic mass is 10.1. The summed E-state index contributed by atoms with van der Waals surface area (Å²) in [6.45, 7) is 6.15. The molecule has 2 N–H and O–H groups in total. The van der Waals surface area contributed by atoms with Crippen LogP contribution in [0.1, 0.15) is 36.2 Å². The molecule has 0 fully saturated rings. The monoisotopic (exact) mass is 251 g/mol. The number of aliphatic hydroxyl groups is 1. The number of nitrogens with one attached hydrogen (secondary N) is 1. The highest BCUT2D eigenvalue weighted by atomic mass is 16.5. The van der Waals surface area contributed by atoms with E-state index in [-0.39, 0.29) is 5.97 Å². The summed E-state index contributed by atoms with van der Waals surface area (Å²) in [4.78, 5) is 11.4. The average molecular weight is 251 g/mol. The van der Waals surface area contributed by atoms with E-state index in [2.05, 4.69) is 10.1 Å². The quantitative estimate of drug-likeness (QED) is 0.789. The molecule has 0 atom stereocenters. The zero-order valence-electron chi connectivity index (χ0n) is 11.4. The van der Waals surface area contributed by atoms with Gasteiger partial charge in [-0.1, -0.05) is 6.07 Å². The Hall–Kier alpha value is -1.55. The van der Waals surface area contributed by atoms with E-state index in [9.17, 15) is 9.90 Å². The van der Waals surface area contributed by atoms with Crippen molar-refractivity contribution < 1.29 is 14.6 Å².